The van der Waals surface area contributed by atoms with Crippen molar-refractivity contribution in [3.8, 4) is 0 Å². The predicted octanol–water partition coefficient (Wildman–Crippen LogP) is 6.07. The molecule has 0 spiro atoms. The number of halogens is 1. The fourth-order valence-electron chi connectivity index (χ4n) is 4.06. The highest BCUT2D eigenvalue weighted by atomic mass is 35.5. The van der Waals surface area contributed by atoms with E-state index in [-0.39, 0.29) is 0 Å². The first-order valence-corrected chi connectivity index (χ1v) is 9.89. The third kappa shape index (κ3) is 3.10. The molecule has 1 unspecified atom stereocenters. The van der Waals surface area contributed by atoms with Crippen LogP contribution in [0.4, 0.5) is 17.2 Å². The van der Waals surface area contributed by atoms with Crippen molar-refractivity contribution in [3.63, 3.8) is 0 Å². The molecule has 1 aromatic heterocycles. The smallest absolute Gasteiger partial charge is 0.160 e. The first kappa shape index (κ1) is 17.1. The average Bonchev–Trinajstić information content (AvgIpc) is 3.23. The van der Waals surface area contributed by atoms with E-state index in [0.717, 1.165) is 40.9 Å². The van der Waals surface area contributed by atoms with Crippen molar-refractivity contribution in [2.75, 3.05) is 10.6 Å². The molecule has 5 heteroatoms. The Morgan fingerprint density at radius 2 is 1.89 bits per heavy atom. The highest BCUT2D eigenvalue weighted by molar-refractivity contribution is 6.30. The molecule has 4 nitrogen and oxygen atoms in total. The van der Waals surface area contributed by atoms with Crippen LogP contribution in [0.3, 0.4) is 0 Å². The van der Waals surface area contributed by atoms with E-state index in [1.54, 1.807) is 0 Å². The van der Waals surface area contributed by atoms with Gasteiger partial charge in [0.1, 0.15) is 0 Å². The molecular weight excluding hydrogens is 368 g/mol. The molecule has 4 aromatic rings. The Morgan fingerprint density at radius 1 is 1.00 bits per heavy atom. The number of nitrogens with zero attached hydrogens (tertiary/aromatic N) is 2. The Kier molecular flexibility index (Phi) is 4.21. The highest BCUT2D eigenvalue weighted by Crippen LogP contribution is 2.35. The van der Waals surface area contributed by atoms with Crippen molar-refractivity contribution in [2.24, 2.45) is 7.05 Å². The zero-order chi connectivity index (χ0) is 19.1. The SMILES string of the molecule is Cn1nc(Nc2cccc(Cl)c2)c2cc(NC3CCc4ccccc43)ccc21. The first-order chi connectivity index (χ1) is 13.7. The molecule has 0 saturated heterocycles. The van der Waals surface area contributed by atoms with Crippen molar-refractivity contribution in [3.05, 3.63) is 82.9 Å². The fraction of sp³-hybridized carbons (Fsp3) is 0.174. The minimum absolute atomic E-state index is 0.356. The number of rotatable bonds is 4. The molecule has 140 valence electrons. The molecule has 1 atom stereocenters. The van der Waals surface area contributed by atoms with Crippen LogP contribution in [0.5, 0.6) is 0 Å². The van der Waals surface area contributed by atoms with Gasteiger partial charge in [-0.25, -0.2) is 0 Å². The number of nitrogens with one attached hydrogen (secondary N) is 2. The number of benzene rings is 3. The number of anilines is 3. The first-order valence-electron chi connectivity index (χ1n) is 9.51. The summed E-state index contributed by atoms with van der Waals surface area (Å²) >= 11 is 6.12. The Bertz CT molecular complexity index is 1160. The summed E-state index contributed by atoms with van der Waals surface area (Å²) in [6.45, 7) is 0. The Balaban J connectivity index is 1.47. The van der Waals surface area contributed by atoms with E-state index in [4.69, 9.17) is 11.6 Å². The number of fused-ring (bicyclic) bond motifs is 2. The van der Waals surface area contributed by atoms with Crippen molar-refractivity contribution in [1.82, 2.24) is 9.78 Å². The van der Waals surface area contributed by atoms with Crippen LogP contribution in [0.1, 0.15) is 23.6 Å². The molecule has 1 heterocycles. The molecule has 2 N–H and O–H groups in total. The lowest BCUT2D eigenvalue weighted by Crippen LogP contribution is -2.06. The Labute approximate surface area is 169 Å². The second kappa shape index (κ2) is 6.88. The second-order valence-electron chi connectivity index (χ2n) is 7.27. The largest absolute Gasteiger partial charge is 0.378 e. The maximum Gasteiger partial charge on any atom is 0.160 e. The van der Waals surface area contributed by atoms with Gasteiger partial charge >= 0.3 is 0 Å². The van der Waals surface area contributed by atoms with E-state index in [9.17, 15) is 0 Å². The van der Waals surface area contributed by atoms with Crippen LogP contribution in [-0.2, 0) is 13.5 Å². The van der Waals surface area contributed by atoms with Gasteiger partial charge in [0.2, 0.25) is 0 Å². The summed E-state index contributed by atoms with van der Waals surface area (Å²) in [5, 5.41) is 13.6. The zero-order valence-corrected chi connectivity index (χ0v) is 16.4. The molecule has 1 aliphatic carbocycles. The molecule has 0 radical (unpaired) electrons. The Hall–Kier alpha value is -2.98. The van der Waals surface area contributed by atoms with Crippen LogP contribution in [0, 0.1) is 0 Å². The Morgan fingerprint density at radius 3 is 2.79 bits per heavy atom. The van der Waals surface area contributed by atoms with Gasteiger partial charge in [0.05, 0.1) is 11.6 Å². The van der Waals surface area contributed by atoms with Crippen molar-refractivity contribution in [2.45, 2.75) is 18.9 Å². The van der Waals surface area contributed by atoms with Gasteiger partial charge in [-0.3, -0.25) is 4.68 Å². The van der Waals surface area contributed by atoms with E-state index in [1.807, 2.05) is 36.0 Å². The van der Waals surface area contributed by atoms with Gasteiger partial charge in [0, 0.05) is 28.8 Å². The normalized spacial score (nSPS) is 15.6. The monoisotopic (exact) mass is 388 g/mol. The fourth-order valence-corrected chi connectivity index (χ4v) is 4.25. The van der Waals surface area contributed by atoms with Crippen LogP contribution in [0.2, 0.25) is 5.02 Å². The quantitative estimate of drug-likeness (QED) is 0.445. The predicted molar refractivity (Wildman–Crippen MR) is 117 cm³/mol. The van der Waals surface area contributed by atoms with Crippen molar-refractivity contribution < 1.29 is 0 Å². The second-order valence-corrected chi connectivity index (χ2v) is 7.71. The van der Waals surface area contributed by atoms with Gasteiger partial charge < -0.3 is 10.6 Å². The summed E-state index contributed by atoms with van der Waals surface area (Å²) in [6.07, 6.45) is 2.25. The summed E-state index contributed by atoms with van der Waals surface area (Å²) in [7, 11) is 1.96. The van der Waals surface area contributed by atoms with Crippen molar-refractivity contribution >= 4 is 39.7 Å². The molecule has 0 saturated carbocycles. The van der Waals surface area contributed by atoms with Crippen LogP contribution >= 0.6 is 11.6 Å². The molecule has 0 aliphatic heterocycles. The van der Waals surface area contributed by atoms with E-state index in [1.165, 1.54) is 11.1 Å². The molecule has 0 bridgehead atoms. The molecule has 1 aliphatic rings. The summed E-state index contributed by atoms with van der Waals surface area (Å²) in [4.78, 5) is 0. The van der Waals surface area contributed by atoms with E-state index >= 15 is 0 Å². The van der Waals surface area contributed by atoms with E-state index in [0.29, 0.717) is 11.1 Å². The number of aryl methyl sites for hydroxylation is 2. The maximum absolute atomic E-state index is 6.12. The van der Waals surface area contributed by atoms with E-state index in [2.05, 4.69) is 58.2 Å². The minimum Gasteiger partial charge on any atom is -0.378 e. The number of hydrogen-bond donors (Lipinski definition) is 2. The number of hydrogen-bond acceptors (Lipinski definition) is 3. The lowest BCUT2D eigenvalue weighted by Gasteiger charge is -2.16. The third-order valence-corrected chi connectivity index (χ3v) is 5.65. The van der Waals surface area contributed by atoms with Crippen molar-refractivity contribution in [1.29, 1.82) is 0 Å². The van der Waals surface area contributed by atoms with Gasteiger partial charge in [-0.15, -0.1) is 0 Å². The van der Waals surface area contributed by atoms with Crippen LogP contribution < -0.4 is 10.6 Å². The van der Waals surface area contributed by atoms with Gasteiger partial charge in [-0.1, -0.05) is 41.9 Å². The summed E-state index contributed by atoms with van der Waals surface area (Å²) in [6, 6.07) is 23.2. The lowest BCUT2D eigenvalue weighted by atomic mass is 10.1. The highest BCUT2D eigenvalue weighted by Gasteiger charge is 2.22. The number of aromatic nitrogens is 2. The average molecular weight is 389 g/mol. The molecular formula is C23H21ClN4. The van der Waals surface area contributed by atoms with E-state index < -0.39 is 0 Å². The summed E-state index contributed by atoms with van der Waals surface area (Å²) in [5.74, 6) is 0.829. The lowest BCUT2D eigenvalue weighted by molar-refractivity contribution is 0.762. The van der Waals surface area contributed by atoms with Gasteiger partial charge in [0.15, 0.2) is 5.82 Å². The molecule has 28 heavy (non-hydrogen) atoms. The van der Waals surface area contributed by atoms with Crippen LogP contribution in [0.25, 0.3) is 10.9 Å². The summed E-state index contributed by atoms with van der Waals surface area (Å²) < 4.78 is 1.90. The molecule has 5 rings (SSSR count). The maximum atomic E-state index is 6.12. The molecule has 3 aromatic carbocycles. The van der Waals surface area contributed by atoms with Gasteiger partial charge in [-0.05, 0) is 60.4 Å². The summed E-state index contributed by atoms with van der Waals surface area (Å²) in [5.41, 5.74) is 5.98. The zero-order valence-electron chi connectivity index (χ0n) is 15.6. The van der Waals surface area contributed by atoms with Gasteiger partial charge in [0.25, 0.3) is 0 Å². The third-order valence-electron chi connectivity index (χ3n) is 5.41. The van der Waals surface area contributed by atoms with Crippen LogP contribution in [-0.4, -0.2) is 9.78 Å². The van der Waals surface area contributed by atoms with Gasteiger partial charge in [-0.2, -0.15) is 5.10 Å². The molecule has 0 amide bonds. The topological polar surface area (TPSA) is 41.9 Å². The molecule has 0 fully saturated rings. The minimum atomic E-state index is 0.356. The van der Waals surface area contributed by atoms with Crippen LogP contribution in [0.15, 0.2) is 66.7 Å². The standard InChI is InChI=1S/C23H21ClN4/c1-28-22-12-10-18(25-21-11-9-15-5-2-3-8-19(15)21)14-20(22)23(27-28)26-17-7-4-6-16(24)13-17/h2-8,10,12-14,21,25H,9,11H2,1H3,(H,26,27).